The molecule has 1 heterocycles. The molecule has 82 valence electrons. The van der Waals surface area contributed by atoms with Crippen molar-refractivity contribution < 1.29 is 8.78 Å². The van der Waals surface area contributed by atoms with Gasteiger partial charge >= 0.3 is 0 Å². The number of nitrogens with one attached hydrogen (secondary N) is 1. The summed E-state index contributed by atoms with van der Waals surface area (Å²) >= 11 is 0. The second kappa shape index (κ2) is 4.19. The van der Waals surface area contributed by atoms with Gasteiger partial charge in [-0.2, -0.15) is 0 Å². The van der Waals surface area contributed by atoms with Gasteiger partial charge < -0.3 is 5.43 Å². The first-order chi connectivity index (χ1) is 7.74. The predicted octanol–water partition coefficient (Wildman–Crippen LogP) is 1.71. The number of hydrogen-bond acceptors (Lipinski definition) is 4. The van der Waals surface area contributed by atoms with Crippen molar-refractivity contribution in [2.75, 3.05) is 5.43 Å². The van der Waals surface area contributed by atoms with Crippen LogP contribution < -0.4 is 11.3 Å². The number of anilines is 1. The number of halogens is 2. The van der Waals surface area contributed by atoms with Crippen LogP contribution in [0.3, 0.4) is 0 Å². The smallest absolute Gasteiger partial charge is 0.168 e. The minimum atomic E-state index is -0.973. The molecule has 0 aliphatic rings. The number of nitrogen functional groups attached to an aromatic ring is 1. The third kappa shape index (κ3) is 1.70. The summed E-state index contributed by atoms with van der Waals surface area (Å²) in [6, 6.07) is 3.83. The van der Waals surface area contributed by atoms with Crippen molar-refractivity contribution >= 4 is 5.82 Å². The Labute approximate surface area is 90.1 Å². The highest BCUT2D eigenvalue weighted by atomic mass is 19.2. The van der Waals surface area contributed by atoms with Crippen molar-refractivity contribution in [3.63, 3.8) is 0 Å². The van der Waals surface area contributed by atoms with Crippen molar-refractivity contribution in [3.05, 3.63) is 42.2 Å². The molecule has 1 aromatic heterocycles. The lowest BCUT2D eigenvalue weighted by Gasteiger charge is -2.07. The Balaban J connectivity index is 2.63. The largest absolute Gasteiger partial charge is 0.307 e. The average Bonchev–Trinajstić information content (AvgIpc) is 2.33. The van der Waals surface area contributed by atoms with Gasteiger partial charge in [-0.25, -0.2) is 19.6 Å². The minimum Gasteiger partial charge on any atom is -0.307 e. The van der Waals surface area contributed by atoms with E-state index in [-0.39, 0.29) is 17.1 Å². The third-order valence-corrected chi connectivity index (χ3v) is 2.04. The van der Waals surface area contributed by atoms with Gasteiger partial charge in [0.05, 0.1) is 0 Å². The van der Waals surface area contributed by atoms with Crippen LogP contribution >= 0.6 is 0 Å². The number of nitrogens with zero attached hydrogens (tertiary/aromatic N) is 2. The molecular weight excluding hydrogens is 214 g/mol. The molecule has 0 saturated heterocycles. The van der Waals surface area contributed by atoms with Crippen molar-refractivity contribution in [1.29, 1.82) is 0 Å². The van der Waals surface area contributed by atoms with E-state index in [1.807, 2.05) is 0 Å². The van der Waals surface area contributed by atoms with Crippen LogP contribution in [0, 0.1) is 11.6 Å². The van der Waals surface area contributed by atoms with Crippen molar-refractivity contribution in [3.8, 4) is 11.3 Å². The molecular formula is C10H8F2N4. The van der Waals surface area contributed by atoms with Gasteiger partial charge in [0.15, 0.2) is 17.5 Å². The van der Waals surface area contributed by atoms with Crippen LogP contribution in [0.5, 0.6) is 0 Å². The molecule has 0 amide bonds. The number of benzene rings is 1. The highest BCUT2D eigenvalue weighted by Gasteiger charge is 2.14. The van der Waals surface area contributed by atoms with Crippen LogP contribution in [-0.4, -0.2) is 9.97 Å². The van der Waals surface area contributed by atoms with Crippen LogP contribution in [0.2, 0.25) is 0 Å². The van der Waals surface area contributed by atoms with E-state index in [0.29, 0.717) is 0 Å². The second-order valence-electron chi connectivity index (χ2n) is 3.00. The quantitative estimate of drug-likeness (QED) is 0.599. The third-order valence-electron chi connectivity index (χ3n) is 2.04. The Morgan fingerprint density at radius 1 is 1.12 bits per heavy atom. The Morgan fingerprint density at radius 3 is 2.62 bits per heavy atom. The molecule has 6 heteroatoms. The maximum absolute atomic E-state index is 13.5. The lowest BCUT2D eigenvalue weighted by atomic mass is 10.1. The summed E-state index contributed by atoms with van der Waals surface area (Å²) in [6.07, 6.45) is 2.77. The molecule has 16 heavy (non-hydrogen) atoms. The predicted molar refractivity (Wildman–Crippen MR) is 55.2 cm³/mol. The van der Waals surface area contributed by atoms with E-state index in [4.69, 9.17) is 5.84 Å². The summed E-state index contributed by atoms with van der Waals surface area (Å²) in [4.78, 5) is 7.77. The Morgan fingerprint density at radius 2 is 1.88 bits per heavy atom. The molecule has 0 radical (unpaired) electrons. The molecule has 0 unspecified atom stereocenters. The fraction of sp³-hybridized carbons (Fsp3) is 0. The van der Waals surface area contributed by atoms with Gasteiger partial charge in [0.2, 0.25) is 0 Å². The van der Waals surface area contributed by atoms with Crippen LogP contribution in [0.25, 0.3) is 11.3 Å². The Kier molecular flexibility index (Phi) is 2.74. The molecule has 0 aliphatic heterocycles. The zero-order valence-electron chi connectivity index (χ0n) is 8.11. The fourth-order valence-corrected chi connectivity index (χ4v) is 1.33. The van der Waals surface area contributed by atoms with Gasteiger partial charge in [-0.05, 0) is 12.1 Å². The average molecular weight is 222 g/mol. The number of hydrogen-bond donors (Lipinski definition) is 2. The van der Waals surface area contributed by atoms with Crippen molar-refractivity contribution in [2.45, 2.75) is 0 Å². The molecule has 0 atom stereocenters. The maximum Gasteiger partial charge on any atom is 0.168 e. The molecule has 0 aliphatic carbocycles. The normalized spacial score (nSPS) is 10.2. The summed E-state index contributed by atoms with van der Waals surface area (Å²) in [7, 11) is 0. The molecule has 1 aromatic carbocycles. The summed E-state index contributed by atoms with van der Waals surface area (Å²) in [6.45, 7) is 0. The highest BCUT2D eigenvalue weighted by Crippen LogP contribution is 2.26. The summed E-state index contributed by atoms with van der Waals surface area (Å²) in [5, 5.41) is 0. The van der Waals surface area contributed by atoms with E-state index >= 15 is 0 Å². The van der Waals surface area contributed by atoms with Gasteiger partial charge in [-0.1, -0.05) is 6.07 Å². The van der Waals surface area contributed by atoms with E-state index in [1.165, 1.54) is 24.5 Å². The lowest BCUT2D eigenvalue weighted by Crippen LogP contribution is -2.10. The molecule has 3 N–H and O–H groups in total. The first-order valence-electron chi connectivity index (χ1n) is 4.46. The zero-order valence-corrected chi connectivity index (χ0v) is 8.11. The standard InChI is InChI=1S/C10H8F2N4/c11-7-3-1-2-6(8(7)12)9-10(16-13)15-5-4-14-9/h1-5H,13H2,(H,15,16). The Hall–Kier alpha value is -2.08. The SMILES string of the molecule is NNc1nccnc1-c1cccc(F)c1F. The number of aromatic nitrogens is 2. The van der Waals surface area contributed by atoms with Gasteiger partial charge in [0.25, 0.3) is 0 Å². The molecule has 0 spiro atoms. The van der Waals surface area contributed by atoms with Gasteiger partial charge in [-0.15, -0.1) is 0 Å². The van der Waals surface area contributed by atoms with Crippen LogP contribution in [0.15, 0.2) is 30.6 Å². The van der Waals surface area contributed by atoms with E-state index in [0.717, 1.165) is 6.07 Å². The minimum absolute atomic E-state index is 0.0149. The number of nitrogens with two attached hydrogens (primary N) is 1. The first-order valence-corrected chi connectivity index (χ1v) is 4.46. The van der Waals surface area contributed by atoms with Crippen molar-refractivity contribution in [2.24, 2.45) is 5.84 Å². The number of rotatable bonds is 2. The molecule has 0 bridgehead atoms. The topological polar surface area (TPSA) is 63.8 Å². The van der Waals surface area contributed by atoms with Gasteiger partial charge in [0.1, 0.15) is 5.69 Å². The fourth-order valence-electron chi connectivity index (χ4n) is 1.33. The first kappa shape index (κ1) is 10.4. The van der Waals surface area contributed by atoms with Crippen LogP contribution in [-0.2, 0) is 0 Å². The zero-order chi connectivity index (χ0) is 11.5. The monoisotopic (exact) mass is 222 g/mol. The molecule has 2 rings (SSSR count). The van der Waals surface area contributed by atoms with Crippen LogP contribution in [0.4, 0.5) is 14.6 Å². The van der Waals surface area contributed by atoms with E-state index < -0.39 is 11.6 Å². The van der Waals surface area contributed by atoms with E-state index in [1.54, 1.807) is 0 Å². The van der Waals surface area contributed by atoms with E-state index in [9.17, 15) is 8.78 Å². The van der Waals surface area contributed by atoms with Gasteiger partial charge in [0, 0.05) is 18.0 Å². The maximum atomic E-state index is 13.5. The molecule has 0 fully saturated rings. The molecule has 4 nitrogen and oxygen atoms in total. The van der Waals surface area contributed by atoms with Crippen molar-refractivity contribution in [1.82, 2.24) is 9.97 Å². The lowest BCUT2D eigenvalue weighted by molar-refractivity contribution is 0.511. The molecule has 2 aromatic rings. The summed E-state index contributed by atoms with van der Waals surface area (Å²) in [5.41, 5.74) is 2.46. The summed E-state index contributed by atoms with van der Waals surface area (Å²) in [5.74, 6) is 3.48. The summed E-state index contributed by atoms with van der Waals surface area (Å²) < 4.78 is 26.5. The van der Waals surface area contributed by atoms with E-state index in [2.05, 4.69) is 15.4 Å². The van der Waals surface area contributed by atoms with Gasteiger partial charge in [-0.3, -0.25) is 4.98 Å². The highest BCUT2D eigenvalue weighted by molar-refractivity contribution is 5.71. The second-order valence-corrected chi connectivity index (χ2v) is 3.00. The Bertz CT molecular complexity index is 516. The number of hydrazine groups is 1. The molecule has 0 saturated carbocycles. The van der Waals surface area contributed by atoms with Crippen LogP contribution in [0.1, 0.15) is 0 Å².